The summed E-state index contributed by atoms with van der Waals surface area (Å²) in [6.07, 6.45) is 1.55. The molecule has 1 radical (unpaired) electrons. The summed E-state index contributed by atoms with van der Waals surface area (Å²) in [7, 11) is 0. The van der Waals surface area contributed by atoms with Gasteiger partial charge in [-0.15, -0.1) is 0 Å². The Hall–Kier alpha value is 1.04. The van der Waals surface area contributed by atoms with Crippen LogP contribution >= 0.6 is 31.9 Å². The summed E-state index contributed by atoms with van der Waals surface area (Å²) in [6, 6.07) is 3.96. The monoisotopic (exact) mass is 389 g/mol. The van der Waals surface area contributed by atoms with Crippen LogP contribution in [0.5, 0.6) is 0 Å². The summed E-state index contributed by atoms with van der Waals surface area (Å²) in [4.78, 5) is 8.27. The summed E-state index contributed by atoms with van der Waals surface area (Å²) in [5.74, 6) is 0. The standard InChI is InChI=1S/C8H3Br2N2Se.Na.H/c9-4-1-5-7(6(10)2-4)11-3-12-8(5)13;;/h1-3H;;/q;+1;-1. The third kappa shape index (κ3) is 2.59. The maximum atomic E-state index is 4.18. The van der Waals surface area contributed by atoms with E-state index in [4.69, 9.17) is 0 Å². The zero-order valence-corrected chi connectivity index (χ0v) is 14.2. The van der Waals surface area contributed by atoms with Crippen LogP contribution in [0, 0.1) is 0 Å². The predicted molar refractivity (Wildman–Crippen MR) is 61.4 cm³/mol. The minimum atomic E-state index is 0. The first kappa shape index (κ1) is 13.1. The van der Waals surface area contributed by atoms with Crippen molar-refractivity contribution in [2.75, 3.05) is 0 Å². The Bertz CT molecular complexity index is 483. The average Bonchev–Trinajstić information content (AvgIpc) is 2.07. The van der Waals surface area contributed by atoms with E-state index in [1.165, 1.54) is 0 Å². The Morgan fingerprint density at radius 1 is 1.21 bits per heavy atom. The first-order valence-corrected chi connectivity index (χ1v) is 5.89. The van der Waals surface area contributed by atoms with Crippen molar-refractivity contribution >= 4 is 63.4 Å². The van der Waals surface area contributed by atoms with Gasteiger partial charge in [-0.05, 0) is 0 Å². The molecule has 2 aromatic rings. The molecule has 0 aliphatic rings. The van der Waals surface area contributed by atoms with Gasteiger partial charge in [0.25, 0.3) is 0 Å². The van der Waals surface area contributed by atoms with E-state index < -0.39 is 0 Å². The van der Waals surface area contributed by atoms with Crippen LogP contribution in [0.4, 0.5) is 0 Å². The Morgan fingerprint density at radius 2 is 1.93 bits per heavy atom. The number of nitrogens with zero attached hydrogens (tertiary/aromatic N) is 2. The summed E-state index contributed by atoms with van der Waals surface area (Å²) in [5, 5.41) is 1.02. The van der Waals surface area contributed by atoms with Gasteiger partial charge in [0.15, 0.2) is 0 Å². The van der Waals surface area contributed by atoms with Crippen molar-refractivity contribution in [3.63, 3.8) is 0 Å². The van der Waals surface area contributed by atoms with Crippen molar-refractivity contribution in [1.29, 1.82) is 0 Å². The Labute approximate surface area is 130 Å². The van der Waals surface area contributed by atoms with Crippen LogP contribution in [0.15, 0.2) is 27.4 Å². The molecule has 1 heterocycles. The van der Waals surface area contributed by atoms with Crippen LogP contribution in [-0.2, 0) is 0 Å². The number of hydrogen-bond acceptors (Lipinski definition) is 2. The van der Waals surface area contributed by atoms with E-state index in [0.29, 0.717) is 0 Å². The molecular formula is C8H4Br2N2NaSe. The molecule has 1 aromatic carbocycles. The van der Waals surface area contributed by atoms with E-state index >= 15 is 0 Å². The number of benzene rings is 1. The zero-order chi connectivity index (χ0) is 9.42. The van der Waals surface area contributed by atoms with Crippen molar-refractivity contribution in [3.8, 4) is 0 Å². The van der Waals surface area contributed by atoms with E-state index in [0.717, 1.165) is 24.4 Å². The SMILES string of the molecule is [H-].[Na+].[Se]c1ncnc2c(Br)cc(Br)cc12. The van der Waals surface area contributed by atoms with Crippen LogP contribution < -0.4 is 34.1 Å². The number of hydrogen-bond donors (Lipinski definition) is 0. The molecule has 0 fully saturated rings. The van der Waals surface area contributed by atoms with E-state index in [-0.39, 0.29) is 31.0 Å². The Kier molecular flexibility index (Phi) is 5.05. The fourth-order valence-corrected chi connectivity index (χ4v) is 2.82. The Morgan fingerprint density at radius 3 is 2.64 bits per heavy atom. The second-order valence-corrected chi connectivity index (χ2v) is 5.04. The zero-order valence-electron chi connectivity index (χ0n) is 8.29. The molecule has 0 bridgehead atoms. The average molecular weight is 390 g/mol. The third-order valence-electron chi connectivity index (χ3n) is 1.62. The van der Waals surface area contributed by atoms with Gasteiger partial charge >= 0.3 is 130 Å². The van der Waals surface area contributed by atoms with Gasteiger partial charge in [-0.25, -0.2) is 0 Å². The van der Waals surface area contributed by atoms with Crippen molar-refractivity contribution in [2.24, 2.45) is 0 Å². The fourth-order valence-electron chi connectivity index (χ4n) is 1.07. The van der Waals surface area contributed by atoms with Gasteiger partial charge in [-0.2, -0.15) is 0 Å². The minimum absolute atomic E-state index is 0. The molecule has 1 aromatic heterocycles. The van der Waals surface area contributed by atoms with Crippen molar-refractivity contribution in [2.45, 2.75) is 0 Å². The quantitative estimate of drug-likeness (QED) is 0.544. The molecule has 0 atom stereocenters. The van der Waals surface area contributed by atoms with E-state index in [1.807, 2.05) is 12.1 Å². The number of aromatic nitrogens is 2. The van der Waals surface area contributed by atoms with Crippen molar-refractivity contribution in [3.05, 3.63) is 27.4 Å². The molecule has 0 spiro atoms. The van der Waals surface area contributed by atoms with Crippen LogP contribution in [0.3, 0.4) is 0 Å². The second kappa shape index (κ2) is 5.39. The summed E-state index contributed by atoms with van der Waals surface area (Å²) in [5.41, 5.74) is 0.923. The van der Waals surface area contributed by atoms with Crippen molar-refractivity contribution in [1.82, 2.24) is 9.97 Å². The molecule has 0 amide bonds. The van der Waals surface area contributed by atoms with E-state index in [9.17, 15) is 0 Å². The van der Waals surface area contributed by atoms with Crippen LogP contribution in [-0.4, -0.2) is 26.0 Å². The number of rotatable bonds is 0. The molecule has 0 aliphatic heterocycles. The molecule has 0 N–H and O–H groups in total. The fraction of sp³-hybridized carbons (Fsp3) is 0. The molecule has 14 heavy (non-hydrogen) atoms. The molecule has 67 valence electrons. The van der Waals surface area contributed by atoms with Gasteiger partial charge in [-0.1, -0.05) is 0 Å². The first-order valence-electron chi connectivity index (χ1n) is 3.45. The summed E-state index contributed by atoms with van der Waals surface area (Å²) >= 11 is 9.77. The molecule has 0 saturated carbocycles. The molecular weight excluding hydrogens is 386 g/mol. The van der Waals surface area contributed by atoms with Crippen LogP contribution in [0.2, 0.25) is 0 Å². The normalized spacial score (nSPS) is 9.86. The van der Waals surface area contributed by atoms with Gasteiger partial charge in [0, 0.05) is 0 Å². The molecule has 2 rings (SSSR count). The first-order chi connectivity index (χ1) is 6.18. The van der Waals surface area contributed by atoms with Gasteiger partial charge in [0.2, 0.25) is 0 Å². The van der Waals surface area contributed by atoms with E-state index in [1.54, 1.807) is 6.33 Å². The van der Waals surface area contributed by atoms with Gasteiger partial charge in [0.05, 0.1) is 0 Å². The van der Waals surface area contributed by atoms with Crippen LogP contribution in [0.25, 0.3) is 10.9 Å². The maximum absolute atomic E-state index is 4.18. The molecule has 0 aliphatic carbocycles. The van der Waals surface area contributed by atoms with Gasteiger partial charge in [-0.3, -0.25) is 0 Å². The van der Waals surface area contributed by atoms with Gasteiger partial charge in [0.1, 0.15) is 0 Å². The molecule has 6 heteroatoms. The second-order valence-electron chi connectivity index (χ2n) is 2.46. The molecule has 2 nitrogen and oxygen atoms in total. The number of fused-ring (bicyclic) bond motifs is 1. The molecule has 0 unspecified atom stereocenters. The van der Waals surface area contributed by atoms with E-state index in [2.05, 4.69) is 57.8 Å². The summed E-state index contributed by atoms with van der Waals surface area (Å²) < 4.78 is 2.85. The summed E-state index contributed by atoms with van der Waals surface area (Å²) in [6.45, 7) is 0. The van der Waals surface area contributed by atoms with Crippen molar-refractivity contribution < 1.29 is 31.0 Å². The predicted octanol–water partition coefficient (Wildman–Crippen LogP) is -0.935. The molecule has 0 saturated heterocycles. The van der Waals surface area contributed by atoms with Crippen LogP contribution in [0.1, 0.15) is 1.43 Å². The third-order valence-corrected chi connectivity index (χ3v) is 3.37. The Balaban J connectivity index is 0.000000980. The van der Waals surface area contributed by atoms with Gasteiger partial charge < -0.3 is 1.43 Å². The number of halogens is 2. The topological polar surface area (TPSA) is 25.8 Å².